The summed E-state index contributed by atoms with van der Waals surface area (Å²) in [5.41, 5.74) is 0.215. The molecule has 0 saturated heterocycles. The van der Waals surface area contributed by atoms with E-state index in [2.05, 4.69) is 15.6 Å². The highest BCUT2D eigenvalue weighted by Crippen LogP contribution is 2.28. The third kappa shape index (κ3) is 6.58. The Kier molecular flexibility index (Phi) is 6.71. The number of aliphatic imine (C=N–C) groups is 1. The number of benzene rings is 1. The average Bonchev–Trinajstić information content (AvgIpc) is 2.97. The highest BCUT2D eigenvalue weighted by atomic mass is 16.5. The van der Waals surface area contributed by atoms with Crippen molar-refractivity contribution in [2.24, 2.45) is 4.99 Å². The lowest BCUT2D eigenvalue weighted by Gasteiger charge is -2.24. The van der Waals surface area contributed by atoms with E-state index in [4.69, 9.17) is 4.74 Å². The number of rotatable bonds is 6. The van der Waals surface area contributed by atoms with Crippen LogP contribution in [-0.4, -0.2) is 35.4 Å². The topological polar surface area (TPSA) is 65.9 Å². The molecule has 0 radical (unpaired) electrons. The summed E-state index contributed by atoms with van der Waals surface area (Å²) < 4.78 is 6.03. The van der Waals surface area contributed by atoms with E-state index < -0.39 is 5.60 Å². The van der Waals surface area contributed by atoms with Gasteiger partial charge in [-0.3, -0.25) is 0 Å². The van der Waals surface area contributed by atoms with Crippen LogP contribution in [0.5, 0.6) is 5.75 Å². The van der Waals surface area contributed by atoms with Crippen molar-refractivity contribution in [2.75, 3.05) is 13.1 Å². The van der Waals surface area contributed by atoms with E-state index in [0.717, 1.165) is 49.5 Å². The Morgan fingerprint density at radius 2 is 1.88 bits per heavy atom. The van der Waals surface area contributed by atoms with Gasteiger partial charge in [0.15, 0.2) is 5.96 Å². The fourth-order valence-electron chi connectivity index (χ4n) is 3.03. The zero-order valence-corrected chi connectivity index (χ0v) is 16.1. The summed E-state index contributed by atoms with van der Waals surface area (Å²) in [6.07, 6.45) is 3.93. The van der Waals surface area contributed by atoms with Crippen LogP contribution in [-0.2, 0) is 6.54 Å². The first kappa shape index (κ1) is 19.6. The Balaban J connectivity index is 2.03. The first-order chi connectivity index (χ1) is 11.8. The van der Waals surface area contributed by atoms with Crippen molar-refractivity contribution in [1.82, 2.24) is 10.6 Å². The van der Waals surface area contributed by atoms with Gasteiger partial charge in [-0.2, -0.15) is 0 Å². The summed E-state index contributed by atoms with van der Waals surface area (Å²) in [6.45, 7) is 10.0. The Labute approximate surface area is 151 Å². The Morgan fingerprint density at radius 3 is 2.52 bits per heavy atom. The van der Waals surface area contributed by atoms with Crippen LogP contribution in [0.2, 0.25) is 0 Å². The van der Waals surface area contributed by atoms with Crippen molar-refractivity contribution in [1.29, 1.82) is 0 Å². The summed E-state index contributed by atoms with van der Waals surface area (Å²) in [7, 11) is 0. The Morgan fingerprint density at radius 1 is 1.20 bits per heavy atom. The van der Waals surface area contributed by atoms with Crippen LogP contribution in [0, 0.1) is 0 Å². The van der Waals surface area contributed by atoms with E-state index >= 15 is 0 Å². The zero-order chi connectivity index (χ0) is 18.3. The molecule has 1 fully saturated rings. The van der Waals surface area contributed by atoms with Crippen LogP contribution >= 0.6 is 0 Å². The third-order valence-corrected chi connectivity index (χ3v) is 4.26. The van der Waals surface area contributed by atoms with Gasteiger partial charge in [-0.05, 0) is 46.6 Å². The molecule has 0 unspecified atom stereocenters. The van der Waals surface area contributed by atoms with Gasteiger partial charge >= 0.3 is 0 Å². The minimum absolute atomic E-state index is 0.242. The SMILES string of the molecule is CCNC(=NCc1ccccc1OC(C)(C)C)NCC1(O)CCCC1. The number of ether oxygens (including phenoxy) is 1. The maximum Gasteiger partial charge on any atom is 0.191 e. The molecule has 1 aromatic rings. The largest absolute Gasteiger partial charge is 0.488 e. The molecule has 0 heterocycles. The predicted octanol–water partition coefficient (Wildman–Crippen LogP) is 3.22. The normalized spacial score (nSPS) is 17.4. The molecule has 0 spiro atoms. The van der Waals surface area contributed by atoms with E-state index in [1.54, 1.807) is 0 Å². The second kappa shape index (κ2) is 8.56. The van der Waals surface area contributed by atoms with Crippen molar-refractivity contribution < 1.29 is 9.84 Å². The number of nitrogens with zero attached hydrogens (tertiary/aromatic N) is 1. The van der Waals surface area contributed by atoms with Gasteiger partial charge in [0.2, 0.25) is 0 Å². The number of aliphatic hydroxyl groups is 1. The van der Waals surface area contributed by atoms with Gasteiger partial charge in [-0.15, -0.1) is 0 Å². The second-order valence-electron chi connectivity index (χ2n) is 7.80. The monoisotopic (exact) mass is 347 g/mol. The lowest BCUT2D eigenvalue weighted by atomic mass is 10.0. The summed E-state index contributed by atoms with van der Waals surface area (Å²) in [5.74, 6) is 1.59. The molecule has 1 aliphatic carbocycles. The maximum absolute atomic E-state index is 10.5. The van der Waals surface area contributed by atoms with Crippen LogP contribution in [0.25, 0.3) is 0 Å². The molecule has 25 heavy (non-hydrogen) atoms. The molecule has 3 N–H and O–H groups in total. The fraction of sp³-hybridized carbons (Fsp3) is 0.650. The first-order valence-electron chi connectivity index (χ1n) is 9.33. The van der Waals surface area contributed by atoms with E-state index in [1.165, 1.54) is 0 Å². The predicted molar refractivity (Wildman–Crippen MR) is 103 cm³/mol. The maximum atomic E-state index is 10.5. The minimum Gasteiger partial charge on any atom is -0.488 e. The van der Waals surface area contributed by atoms with Gasteiger partial charge in [0.05, 0.1) is 12.1 Å². The van der Waals surface area contributed by atoms with Gasteiger partial charge in [-0.1, -0.05) is 31.0 Å². The van der Waals surface area contributed by atoms with Crippen molar-refractivity contribution in [3.63, 3.8) is 0 Å². The van der Waals surface area contributed by atoms with Crippen LogP contribution in [0.3, 0.4) is 0 Å². The Bertz CT molecular complexity index is 573. The van der Waals surface area contributed by atoms with Gasteiger partial charge in [0, 0.05) is 18.7 Å². The molecule has 5 nitrogen and oxygen atoms in total. The van der Waals surface area contributed by atoms with Crippen LogP contribution in [0.15, 0.2) is 29.3 Å². The Hall–Kier alpha value is -1.75. The second-order valence-corrected chi connectivity index (χ2v) is 7.80. The molecular formula is C20H33N3O2. The zero-order valence-electron chi connectivity index (χ0n) is 16.1. The molecule has 0 aromatic heterocycles. The van der Waals surface area contributed by atoms with Crippen molar-refractivity contribution in [3.05, 3.63) is 29.8 Å². The molecule has 0 bridgehead atoms. The van der Waals surface area contributed by atoms with Crippen LogP contribution in [0.1, 0.15) is 58.9 Å². The quantitative estimate of drug-likeness (QED) is 0.546. The number of hydrogen-bond donors (Lipinski definition) is 3. The number of nitrogens with one attached hydrogen (secondary N) is 2. The molecule has 1 saturated carbocycles. The molecule has 5 heteroatoms. The molecule has 0 aliphatic heterocycles. The van der Waals surface area contributed by atoms with Gasteiger partial charge < -0.3 is 20.5 Å². The first-order valence-corrected chi connectivity index (χ1v) is 9.33. The van der Waals surface area contributed by atoms with Gasteiger partial charge in [-0.25, -0.2) is 4.99 Å². The standard InChI is InChI=1S/C20H33N3O2/c1-5-21-18(23-15-20(24)12-8-9-13-20)22-14-16-10-6-7-11-17(16)25-19(2,3)4/h6-7,10-11,24H,5,8-9,12-15H2,1-4H3,(H2,21,22,23). The molecule has 0 amide bonds. The lowest BCUT2D eigenvalue weighted by Crippen LogP contribution is -2.46. The van der Waals surface area contributed by atoms with E-state index in [-0.39, 0.29) is 5.60 Å². The molecule has 1 aromatic carbocycles. The highest BCUT2D eigenvalue weighted by Gasteiger charge is 2.30. The summed E-state index contributed by atoms with van der Waals surface area (Å²) in [6, 6.07) is 8.01. The number of hydrogen-bond acceptors (Lipinski definition) is 3. The van der Waals surface area contributed by atoms with Crippen LogP contribution in [0.4, 0.5) is 0 Å². The van der Waals surface area contributed by atoms with E-state index in [1.807, 2.05) is 52.0 Å². The third-order valence-electron chi connectivity index (χ3n) is 4.26. The van der Waals surface area contributed by atoms with Crippen LogP contribution < -0.4 is 15.4 Å². The highest BCUT2D eigenvalue weighted by molar-refractivity contribution is 5.79. The smallest absolute Gasteiger partial charge is 0.191 e. The number of para-hydroxylation sites is 1. The molecule has 140 valence electrons. The van der Waals surface area contributed by atoms with Gasteiger partial charge in [0.1, 0.15) is 11.4 Å². The summed E-state index contributed by atoms with van der Waals surface area (Å²) in [4.78, 5) is 4.67. The lowest BCUT2D eigenvalue weighted by molar-refractivity contribution is 0.0522. The number of guanidine groups is 1. The van der Waals surface area contributed by atoms with E-state index in [0.29, 0.717) is 13.1 Å². The fourth-order valence-corrected chi connectivity index (χ4v) is 3.03. The van der Waals surface area contributed by atoms with Crippen molar-refractivity contribution >= 4 is 5.96 Å². The van der Waals surface area contributed by atoms with Gasteiger partial charge in [0.25, 0.3) is 0 Å². The van der Waals surface area contributed by atoms with Crippen molar-refractivity contribution in [2.45, 2.75) is 71.1 Å². The summed E-state index contributed by atoms with van der Waals surface area (Å²) >= 11 is 0. The molecule has 2 rings (SSSR count). The molecule has 0 atom stereocenters. The minimum atomic E-state index is -0.594. The molecular weight excluding hydrogens is 314 g/mol. The van der Waals surface area contributed by atoms with E-state index in [9.17, 15) is 5.11 Å². The molecule has 1 aliphatic rings. The average molecular weight is 348 g/mol. The summed E-state index contributed by atoms with van der Waals surface area (Å²) in [5, 5.41) is 17.0. The van der Waals surface area contributed by atoms with Crippen molar-refractivity contribution in [3.8, 4) is 5.75 Å².